The maximum atomic E-state index is 13.4. The van der Waals surface area contributed by atoms with E-state index in [-0.39, 0.29) is 5.43 Å². The second-order valence-corrected chi connectivity index (χ2v) is 8.32. The molecule has 30 heavy (non-hydrogen) atoms. The fraction of sp³-hybridized carbons (Fsp3) is 0.167. The zero-order valence-electron chi connectivity index (χ0n) is 16.4. The van der Waals surface area contributed by atoms with Crippen LogP contribution in [-0.2, 0) is 13.1 Å². The molecular formula is C24H19BrN2O3. The number of rotatable bonds is 3. The average molecular weight is 463 g/mol. The molecule has 0 radical (unpaired) electrons. The number of hydrogen-bond acceptors (Lipinski definition) is 5. The lowest BCUT2D eigenvalue weighted by molar-refractivity contribution is 0.0889. The van der Waals surface area contributed by atoms with Gasteiger partial charge in [-0.25, -0.2) is 0 Å². The Labute approximate surface area is 182 Å². The molecule has 0 unspecified atom stereocenters. The van der Waals surface area contributed by atoms with Crippen LogP contribution in [0.25, 0.3) is 22.1 Å². The average Bonchev–Trinajstić information content (AvgIpc) is 2.76. The Kier molecular flexibility index (Phi) is 4.89. The maximum Gasteiger partial charge on any atom is 0.200 e. The Hall–Kier alpha value is -2.96. The van der Waals surface area contributed by atoms with Crippen LogP contribution in [0.2, 0.25) is 0 Å². The molecule has 1 aliphatic heterocycles. The Morgan fingerprint density at radius 3 is 2.60 bits per heavy atom. The van der Waals surface area contributed by atoms with Gasteiger partial charge in [0.15, 0.2) is 0 Å². The van der Waals surface area contributed by atoms with Crippen molar-refractivity contribution in [3.05, 3.63) is 92.5 Å². The predicted octanol–water partition coefficient (Wildman–Crippen LogP) is 5.28. The van der Waals surface area contributed by atoms with Gasteiger partial charge in [0.25, 0.3) is 0 Å². The van der Waals surface area contributed by atoms with E-state index in [1.807, 2.05) is 49.4 Å². The minimum atomic E-state index is -0.0230. The zero-order chi connectivity index (χ0) is 20.7. The smallest absolute Gasteiger partial charge is 0.200 e. The first-order valence-electron chi connectivity index (χ1n) is 9.69. The van der Waals surface area contributed by atoms with E-state index in [9.17, 15) is 4.79 Å². The minimum Gasteiger partial charge on any atom is -0.478 e. The topological polar surface area (TPSA) is 55.6 Å². The van der Waals surface area contributed by atoms with E-state index in [2.05, 4.69) is 25.8 Å². The van der Waals surface area contributed by atoms with Crippen molar-refractivity contribution in [3.8, 4) is 16.9 Å². The van der Waals surface area contributed by atoms with Gasteiger partial charge in [0.2, 0.25) is 5.43 Å². The van der Waals surface area contributed by atoms with E-state index in [0.29, 0.717) is 35.6 Å². The fourth-order valence-electron chi connectivity index (χ4n) is 3.92. The predicted molar refractivity (Wildman–Crippen MR) is 119 cm³/mol. The molecule has 0 bridgehead atoms. The second kappa shape index (κ2) is 7.70. The highest BCUT2D eigenvalue weighted by Crippen LogP contribution is 2.34. The van der Waals surface area contributed by atoms with Crippen LogP contribution in [0.4, 0.5) is 0 Å². The Bertz CT molecular complexity index is 1280. The molecular weight excluding hydrogens is 444 g/mol. The van der Waals surface area contributed by atoms with E-state index in [4.69, 9.17) is 9.15 Å². The van der Waals surface area contributed by atoms with Gasteiger partial charge in [-0.2, -0.15) is 0 Å². The van der Waals surface area contributed by atoms with E-state index in [1.165, 1.54) is 0 Å². The summed E-state index contributed by atoms with van der Waals surface area (Å²) in [5.41, 5.74) is 4.10. The van der Waals surface area contributed by atoms with Crippen molar-refractivity contribution in [2.45, 2.75) is 20.0 Å². The summed E-state index contributed by atoms with van der Waals surface area (Å²) in [5, 5.41) is 0.576. The minimum absolute atomic E-state index is 0.0230. The molecule has 6 heteroatoms. The molecule has 5 nitrogen and oxygen atoms in total. The number of benzene rings is 2. The van der Waals surface area contributed by atoms with E-state index in [0.717, 1.165) is 33.5 Å². The number of hydrogen-bond donors (Lipinski definition) is 0. The molecule has 0 amide bonds. The molecule has 0 aliphatic carbocycles. The van der Waals surface area contributed by atoms with Gasteiger partial charge in [0.05, 0.1) is 16.5 Å². The summed E-state index contributed by atoms with van der Waals surface area (Å²) >= 11 is 3.44. The standard InChI is InChI=1S/C24H19BrN2O3/c1-15-22(17-2-4-18(25)5-3-17)23(28)19-6-7-21-20(24(19)30-15)13-27(14-29-21)12-16-8-10-26-11-9-16/h2-11H,12-14H2,1H3. The van der Waals surface area contributed by atoms with Crippen LogP contribution >= 0.6 is 15.9 Å². The van der Waals surface area contributed by atoms with Gasteiger partial charge in [-0.15, -0.1) is 0 Å². The highest BCUT2D eigenvalue weighted by atomic mass is 79.9. The first-order valence-corrected chi connectivity index (χ1v) is 10.5. The van der Waals surface area contributed by atoms with Crippen LogP contribution in [0.5, 0.6) is 5.75 Å². The summed E-state index contributed by atoms with van der Waals surface area (Å²) in [6.07, 6.45) is 3.57. The summed E-state index contributed by atoms with van der Waals surface area (Å²) in [7, 11) is 0. The van der Waals surface area contributed by atoms with Crippen molar-refractivity contribution in [2.24, 2.45) is 0 Å². The Morgan fingerprint density at radius 2 is 1.83 bits per heavy atom. The molecule has 2 aromatic carbocycles. The maximum absolute atomic E-state index is 13.4. The van der Waals surface area contributed by atoms with Gasteiger partial charge in [0.1, 0.15) is 23.8 Å². The molecule has 5 rings (SSSR count). The number of nitrogens with zero attached hydrogens (tertiary/aromatic N) is 2. The summed E-state index contributed by atoms with van der Waals surface area (Å²) in [6.45, 7) is 3.71. The number of ether oxygens (including phenoxy) is 1. The quantitative estimate of drug-likeness (QED) is 0.414. The van der Waals surface area contributed by atoms with Crippen LogP contribution < -0.4 is 10.2 Å². The highest BCUT2D eigenvalue weighted by Gasteiger charge is 2.24. The second-order valence-electron chi connectivity index (χ2n) is 7.40. The van der Waals surface area contributed by atoms with Crippen LogP contribution in [0.1, 0.15) is 16.9 Å². The van der Waals surface area contributed by atoms with Gasteiger partial charge in [-0.1, -0.05) is 28.1 Å². The lowest BCUT2D eigenvalue weighted by Crippen LogP contribution is -2.31. The molecule has 4 aromatic rings. The summed E-state index contributed by atoms with van der Waals surface area (Å²) < 4.78 is 13.2. The van der Waals surface area contributed by atoms with E-state index >= 15 is 0 Å². The summed E-state index contributed by atoms with van der Waals surface area (Å²) in [5.74, 6) is 1.38. The molecule has 0 atom stereocenters. The molecule has 0 spiro atoms. The van der Waals surface area contributed by atoms with Gasteiger partial charge in [0, 0.05) is 30.0 Å². The molecule has 1 aliphatic rings. The molecule has 0 N–H and O–H groups in total. The van der Waals surface area contributed by atoms with Crippen molar-refractivity contribution in [3.63, 3.8) is 0 Å². The highest BCUT2D eigenvalue weighted by molar-refractivity contribution is 9.10. The molecule has 150 valence electrons. The fourth-order valence-corrected chi connectivity index (χ4v) is 4.18. The van der Waals surface area contributed by atoms with Crippen molar-refractivity contribution in [1.29, 1.82) is 0 Å². The first-order chi connectivity index (χ1) is 14.6. The van der Waals surface area contributed by atoms with Crippen molar-refractivity contribution >= 4 is 26.9 Å². The van der Waals surface area contributed by atoms with Gasteiger partial charge in [-0.3, -0.25) is 14.7 Å². The molecule has 3 heterocycles. The van der Waals surface area contributed by atoms with Crippen LogP contribution in [0, 0.1) is 6.92 Å². The SMILES string of the molecule is Cc1oc2c3c(ccc2c(=O)c1-c1ccc(Br)cc1)OCN(Cc1ccncc1)C3. The lowest BCUT2D eigenvalue weighted by Gasteiger charge is -2.29. The first kappa shape index (κ1) is 19.0. The number of fused-ring (bicyclic) bond motifs is 3. The van der Waals surface area contributed by atoms with Crippen LogP contribution in [0.15, 0.2) is 74.6 Å². The van der Waals surface area contributed by atoms with E-state index < -0.39 is 0 Å². The van der Waals surface area contributed by atoms with Gasteiger partial charge in [-0.05, 0) is 54.4 Å². The third-order valence-electron chi connectivity index (χ3n) is 5.37. The number of halogens is 1. The monoisotopic (exact) mass is 462 g/mol. The third-order valence-corrected chi connectivity index (χ3v) is 5.90. The largest absolute Gasteiger partial charge is 0.478 e. The molecule has 0 saturated carbocycles. The summed E-state index contributed by atoms with van der Waals surface area (Å²) in [4.78, 5) is 19.6. The normalized spacial score (nSPS) is 13.8. The summed E-state index contributed by atoms with van der Waals surface area (Å²) in [6, 6.07) is 15.4. The molecule has 0 fully saturated rings. The van der Waals surface area contributed by atoms with Crippen molar-refractivity contribution < 1.29 is 9.15 Å². The van der Waals surface area contributed by atoms with Crippen LogP contribution in [-0.4, -0.2) is 16.6 Å². The number of pyridine rings is 1. The zero-order valence-corrected chi connectivity index (χ0v) is 18.0. The number of aryl methyl sites for hydroxylation is 1. The van der Waals surface area contributed by atoms with Crippen molar-refractivity contribution in [1.82, 2.24) is 9.88 Å². The van der Waals surface area contributed by atoms with Gasteiger partial charge < -0.3 is 9.15 Å². The molecule has 2 aromatic heterocycles. The van der Waals surface area contributed by atoms with Crippen molar-refractivity contribution in [2.75, 3.05) is 6.73 Å². The Morgan fingerprint density at radius 1 is 1.07 bits per heavy atom. The third kappa shape index (κ3) is 3.42. The van der Waals surface area contributed by atoms with Crippen LogP contribution in [0.3, 0.4) is 0 Å². The number of aromatic nitrogens is 1. The lowest BCUT2D eigenvalue weighted by atomic mass is 10.0. The molecule has 0 saturated heterocycles. The Balaban J connectivity index is 1.58. The van der Waals surface area contributed by atoms with Gasteiger partial charge >= 0.3 is 0 Å². The van der Waals surface area contributed by atoms with E-state index in [1.54, 1.807) is 18.5 Å².